The quantitative estimate of drug-likeness (QED) is 0.853. The maximum Gasteiger partial charge on any atom is 0.328 e. The molecule has 0 unspecified atom stereocenters. The molecule has 1 aromatic carbocycles. The first-order chi connectivity index (χ1) is 7.65. The first-order valence-electron chi connectivity index (χ1n) is 4.69. The molecule has 1 N–H and O–H groups in total. The Kier molecular flexibility index (Phi) is 2.92. The second-order valence-electron chi connectivity index (χ2n) is 3.37. The van der Waals surface area contributed by atoms with Gasteiger partial charge in [0.25, 0.3) is 5.56 Å². The molecule has 0 saturated carbocycles. The van der Waals surface area contributed by atoms with Crippen LogP contribution in [-0.4, -0.2) is 9.55 Å². The predicted octanol–water partition coefficient (Wildman–Crippen LogP) is 1.24. The zero-order valence-corrected chi connectivity index (χ0v) is 9.07. The first kappa shape index (κ1) is 10.7. The summed E-state index contributed by atoms with van der Waals surface area (Å²) in [6.45, 7) is 0.385. The van der Waals surface area contributed by atoms with Gasteiger partial charge in [-0.25, -0.2) is 4.79 Å². The van der Waals surface area contributed by atoms with Crippen LogP contribution in [0.3, 0.4) is 0 Å². The summed E-state index contributed by atoms with van der Waals surface area (Å²) in [7, 11) is 0. The highest BCUT2D eigenvalue weighted by Gasteiger charge is 1.98. The lowest BCUT2D eigenvalue weighted by Crippen LogP contribution is -2.28. The molecular weight excluding hydrogens is 228 g/mol. The van der Waals surface area contributed by atoms with Crippen LogP contribution < -0.4 is 11.2 Å². The van der Waals surface area contributed by atoms with Gasteiger partial charge in [0.1, 0.15) is 0 Å². The van der Waals surface area contributed by atoms with Crippen molar-refractivity contribution in [3.05, 3.63) is 68.0 Å². The van der Waals surface area contributed by atoms with Crippen molar-refractivity contribution in [2.75, 3.05) is 0 Å². The molecule has 0 aliphatic heterocycles. The highest BCUT2D eigenvalue weighted by atomic mass is 35.5. The number of rotatable bonds is 2. The first-order valence-corrected chi connectivity index (χ1v) is 5.07. The van der Waals surface area contributed by atoms with Crippen LogP contribution >= 0.6 is 11.6 Å². The number of aromatic amines is 1. The van der Waals surface area contributed by atoms with Crippen molar-refractivity contribution in [2.24, 2.45) is 0 Å². The summed E-state index contributed by atoms with van der Waals surface area (Å²) in [5.41, 5.74) is 0.0847. The average molecular weight is 237 g/mol. The predicted molar refractivity (Wildman–Crippen MR) is 61.9 cm³/mol. The topological polar surface area (TPSA) is 54.9 Å². The molecule has 0 bridgehead atoms. The normalized spacial score (nSPS) is 10.3. The maximum absolute atomic E-state index is 11.4. The van der Waals surface area contributed by atoms with Crippen LogP contribution in [0, 0.1) is 0 Å². The molecular formula is C11H9ClN2O2. The highest BCUT2D eigenvalue weighted by molar-refractivity contribution is 6.30. The fourth-order valence-corrected chi connectivity index (χ4v) is 1.61. The van der Waals surface area contributed by atoms with Crippen molar-refractivity contribution in [1.82, 2.24) is 9.55 Å². The standard InChI is InChI=1S/C11H9ClN2O2/c12-9-3-1-2-8(6-9)7-14-5-4-10(15)13-11(14)16/h1-6H,7H2,(H,13,15,16). The van der Waals surface area contributed by atoms with E-state index in [2.05, 4.69) is 4.98 Å². The van der Waals surface area contributed by atoms with Crippen LogP contribution in [0.5, 0.6) is 0 Å². The number of halogens is 1. The zero-order valence-electron chi connectivity index (χ0n) is 8.31. The van der Waals surface area contributed by atoms with Crippen molar-refractivity contribution in [3.63, 3.8) is 0 Å². The summed E-state index contributed by atoms with van der Waals surface area (Å²) in [5, 5.41) is 0.620. The van der Waals surface area contributed by atoms with Crippen LogP contribution in [0.2, 0.25) is 5.02 Å². The van der Waals surface area contributed by atoms with E-state index >= 15 is 0 Å². The Bertz CT molecular complexity index is 616. The number of hydrogen-bond acceptors (Lipinski definition) is 2. The molecule has 0 radical (unpaired) electrons. The molecule has 2 aromatic rings. The van der Waals surface area contributed by atoms with E-state index in [9.17, 15) is 9.59 Å². The Morgan fingerprint density at radius 1 is 1.25 bits per heavy atom. The fraction of sp³-hybridized carbons (Fsp3) is 0.0909. The Morgan fingerprint density at radius 3 is 2.75 bits per heavy atom. The lowest BCUT2D eigenvalue weighted by Gasteiger charge is -2.04. The summed E-state index contributed by atoms with van der Waals surface area (Å²) in [6, 6.07) is 8.53. The number of nitrogens with one attached hydrogen (secondary N) is 1. The summed E-state index contributed by atoms with van der Waals surface area (Å²) in [6.07, 6.45) is 1.46. The molecule has 0 saturated heterocycles. The Labute approximate surface area is 96.1 Å². The highest BCUT2D eigenvalue weighted by Crippen LogP contribution is 2.10. The molecule has 82 valence electrons. The van der Waals surface area contributed by atoms with Gasteiger partial charge in [0.15, 0.2) is 0 Å². The monoisotopic (exact) mass is 236 g/mol. The number of nitrogens with zero attached hydrogens (tertiary/aromatic N) is 1. The van der Waals surface area contributed by atoms with Crippen molar-refractivity contribution in [1.29, 1.82) is 0 Å². The maximum atomic E-state index is 11.4. The van der Waals surface area contributed by atoms with Crippen molar-refractivity contribution < 1.29 is 0 Å². The summed E-state index contributed by atoms with van der Waals surface area (Å²) >= 11 is 5.83. The van der Waals surface area contributed by atoms with Crippen LogP contribution in [0.1, 0.15) is 5.56 Å². The zero-order chi connectivity index (χ0) is 11.5. The van der Waals surface area contributed by atoms with Crippen LogP contribution in [-0.2, 0) is 6.54 Å². The third-order valence-corrected chi connectivity index (χ3v) is 2.37. The minimum Gasteiger partial charge on any atom is -0.296 e. The Morgan fingerprint density at radius 2 is 2.06 bits per heavy atom. The van der Waals surface area contributed by atoms with Crippen molar-refractivity contribution in [2.45, 2.75) is 6.54 Å². The van der Waals surface area contributed by atoms with Gasteiger partial charge in [0.2, 0.25) is 0 Å². The third-order valence-electron chi connectivity index (χ3n) is 2.14. The molecule has 1 heterocycles. The fourth-order valence-electron chi connectivity index (χ4n) is 1.40. The average Bonchev–Trinajstić information content (AvgIpc) is 2.22. The van der Waals surface area contributed by atoms with E-state index in [-0.39, 0.29) is 0 Å². The van der Waals surface area contributed by atoms with Gasteiger partial charge in [-0.05, 0) is 17.7 Å². The van der Waals surface area contributed by atoms with Gasteiger partial charge >= 0.3 is 5.69 Å². The molecule has 0 aliphatic carbocycles. The Hall–Kier alpha value is -1.81. The molecule has 2 rings (SSSR count). The SMILES string of the molecule is O=c1ccn(Cc2cccc(Cl)c2)c(=O)[nH]1. The Balaban J connectivity index is 2.34. The number of hydrogen-bond donors (Lipinski definition) is 1. The van der Waals surface area contributed by atoms with E-state index < -0.39 is 11.2 Å². The molecule has 0 spiro atoms. The van der Waals surface area contributed by atoms with Gasteiger partial charge in [-0.15, -0.1) is 0 Å². The molecule has 16 heavy (non-hydrogen) atoms. The molecule has 0 amide bonds. The third kappa shape index (κ3) is 2.41. The van der Waals surface area contributed by atoms with Crippen LogP contribution in [0.15, 0.2) is 46.1 Å². The van der Waals surface area contributed by atoms with Gasteiger partial charge in [-0.2, -0.15) is 0 Å². The van der Waals surface area contributed by atoms with Gasteiger partial charge in [-0.1, -0.05) is 23.7 Å². The lowest BCUT2D eigenvalue weighted by atomic mass is 10.2. The van der Waals surface area contributed by atoms with E-state index in [1.807, 2.05) is 12.1 Å². The number of aromatic nitrogens is 2. The molecule has 0 atom stereocenters. The minimum absolute atomic E-state index is 0.385. The second kappa shape index (κ2) is 4.37. The molecule has 0 aliphatic rings. The van der Waals surface area contributed by atoms with Crippen molar-refractivity contribution >= 4 is 11.6 Å². The summed E-state index contributed by atoms with van der Waals surface area (Å²) < 4.78 is 1.41. The summed E-state index contributed by atoms with van der Waals surface area (Å²) in [4.78, 5) is 24.5. The van der Waals surface area contributed by atoms with E-state index in [4.69, 9.17) is 11.6 Å². The largest absolute Gasteiger partial charge is 0.328 e. The number of H-pyrrole nitrogens is 1. The van der Waals surface area contributed by atoms with Gasteiger partial charge < -0.3 is 0 Å². The van der Waals surface area contributed by atoms with Crippen LogP contribution in [0.25, 0.3) is 0 Å². The van der Waals surface area contributed by atoms with E-state index in [1.165, 1.54) is 16.8 Å². The van der Waals surface area contributed by atoms with Gasteiger partial charge in [0, 0.05) is 17.3 Å². The van der Waals surface area contributed by atoms with Gasteiger partial charge in [0.05, 0.1) is 6.54 Å². The lowest BCUT2D eigenvalue weighted by molar-refractivity contribution is 0.720. The smallest absolute Gasteiger partial charge is 0.296 e. The minimum atomic E-state index is -0.424. The molecule has 5 heteroatoms. The van der Waals surface area contributed by atoms with E-state index in [1.54, 1.807) is 12.1 Å². The summed E-state index contributed by atoms with van der Waals surface area (Å²) in [5.74, 6) is 0. The second-order valence-corrected chi connectivity index (χ2v) is 3.80. The van der Waals surface area contributed by atoms with Crippen LogP contribution in [0.4, 0.5) is 0 Å². The number of benzene rings is 1. The van der Waals surface area contributed by atoms with E-state index in [0.717, 1.165) is 5.56 Å². The molecule has 1 aromatic heterocycles. The van der Waals surface area contributed by atoms with E-state index in [0.29, 0.717) is 11.6 Å². The van der Waals surface area contributed by atoms with Crippen molar-refractivity contribution in [3.8, 4) is 0 Å². The van der Waals surface area contributed by atoms with Gasteiger partial charge in [-0.3, -0.25) is 14.3 Å². The molecule has 0 fully saturated rings. The molecule has 4 nitrogen and oxygen atoms in total.